The predicted octanol–water partition coefficient (Wildman–Crippen LogP) is 3.37. The molecule has 3 aliphatic rings. The summed E-state index contributed by atoms with van der Waals surface area (Å²) in [7, 11) is 0. The van der Waals surface area contributed by atoms with Crippen LogP contribution in [0, 0.1) is 0 Å². The van der Waals surface area contributed by atoms with E-state index in [1.165, 1.54) is 35.4 Å². The van der Waals surface area contributed by atoms with Gasteiger partial charge in [0.1, 0.15) is 11.9 Å². The van der Waals surface area contributed by atoms with E-state index >= 15 is 0 Å². The minimum Gasteiger partial charge on any atom is -0.329 e. The van der Waals surface area contributed by atoms with Gasteiger partial charge in [-0.25, -0.2) is 9.97 Å². The summed E-state index contributed by atoms with van der Waals surface area (Å²) in [6.45, 7) is 0.766. The van der Waals surface area contributed by atoms with Crippen LogP contribution in [0.1, 0.15) is 55.0 Å². The highest BCUT2D eigenvalue weighted by Gasteiger charge is 2.34. The molecule has 2 aliphatic carbocycles. The zero-order chi connectivity index (χ0) is 20.8. The Labute approximate surface area is 183 Å². The Bertz CT molecular complexity index is 1110. The maximum atomic E-state index is 12.9. The zero-order valence-electron chi connectivity index (χ0n) is 17.1. The molecule has 1 atom stereocenters. The van der Waals surface area contributed by atoms with Gasteiger partial charge in [-0.1, -0.05) is 0 Å². The van der Waals surface area contributed by atoms with Crippen molar-refractivity contribution in [3.63, 3.8) is 0 Å². The highest BCUT2D eigenvalue weighted by molar-refractivity contribution is 7.13. The third-order valence-electron chi connectivity index (χ3n) is 6.26. The predicted molar refractivity (Wildman–Crippen MR) is 119 cm³/mol. The van der Waals surface area contributed by atoms with E-state index in [1.54, 1.807) is 6.20 Å². The van der Waals surface area contributed by atoms with E-state index in [0.717, 1.165) is 56.0 Å². The number of anilines is 4. The first-order valence-electron chi connectivity index (χ1n) is 10.9. The summed E-state index contributed by atoms with van der Waals surface area (Å²) >= 11 is 1.42. The normalized spacial score (nSPS) is 20.1. The molecule has 0 spiro atoms. The van der Waals surface area contributed by atoms with Crippen molar-refractivity contribution in [2.24, 2.45) is 0 Å². The van der Waals surface area contributed by atoms with Crippen LogP contribution >= 0.6 is 11.3 Å². The maximum Gasteiger partial charge on any atom is 0.248 e. The van der Waals surface area contributed by atoms with Crippen molar-refractivity contribution in [2.45, 2.75) is 56.9 Å². The number of amides is 1. The van der Waals surface area contributed by atoms with Crippen molar-refractivity contribution in [1.29, 1.82) is 0 Å². The molecule has 1 aliphatic heterocycles. The Balaban J connectivity index is 1.27. The Kier molecular flexibility index (Phi) is 4.59. The average Bonchev–Trinajstić information content (AvgIpc) is 3.27. The summed E-state index contributed by atoms with van der Waals surface area (Å²) in [5.41, 5.74) is 3.44. The van der Waals surface area contributed by atoms with Crippen molar-refractivity contribution < 1.29 is 4.79 Å². The third-order valence-corrected chi connectivity index (χ3v) is 6.95. The van der Waals surface area contributed by atoms with E-state index in [1.807, 2.05) is 10.3 Å². The third kappa shape index (κ3) is 3.65. The van der Waals surface area contributed by atoms with Crippen LogP contribution in [0.15, 0.2) is 17.6 Å². The Hall–Kier alpha value is -3.01. The van der Waals surface area contributed by atoms with E-state index in [9.17, 15) is 4.79 Å². The number of aromatic amines is 1. The molecule has 1 amide bonds. The molecule has 0 radical (unpaired) electrons. The fourth-order valence-electron chi connectivity index (χ4n) is 4.53. The fourth-order valence-corrected chi connectivity index (χ4v) is 5.06. The van der Waals surface area contributed by atoms with Crippen LogP contribution in [0.2, 0.25) is 0 Å². The highest BCUT2D eigenvalue weighted by atomic mass is 32.1. The number of nitrogens with zero attached hydrogens (tertiary/aromatic N) is 5. The summed E-state index contributed by atoms with van der Waals surface area (Å²) < 4.78 is 0. The second-order valence-electron chi connectivity index (χ2n) is 8.44. The summed E-state index contributed by atoms with van der Waals surface area (Å²) in [6.07, 6.45) is 8.85. The highest BCUT2D eigenvalue weighted by Crippen LogP contribution is 2.40. The second-order valence-corrected chi connectivity index (χ2v) is 9.33. The second kappa shape index (κ2) is 7.60. The number of rotatable bonds is 6. The first-order chi connectivity index (χ1) is 15.2. The smallest absolute Gasteiger partial charge is 0.248 e. The molecule has 2 fully saturated rings. The summed E-state index contributed by atoms with van der Waals surface area (Å²) in [5, 5.41) is 16.4. The van der Waals surface area contributed by atoms with Crippen molar-refractivity contribution in [1.82, 2.24) is 25.1 Å². The monoisotopic (exact) mass is 436 g/mol. The van der Waals surface area contributed by atoms with E-state index in [-0.39, 0.29) is 11.9 Å². The van der Waals surface area contributed by atoms with Gasteiger partial charge in [-0.05, 0) is 44.9 Å². The van der Waals surface area contributed by atoms with Crippen molar-refractivity contribution in [3.8, 4) is 0 Å². The number of fused-ring (bicyclic) bond motifs is 1. The topological polar surface area (TPSA) is 112 Å². The van der Waals surface area contributed by atoms with Crippen LogP contribution in [0.3, 0.4) is 0 Å². The van der Waals surface area contributed by atoms with Crippen molar-refractivity contribution >= 4 is 40.0 Å². The molecular weight excluding hydrogens is 412 g/mol. The Morgan fingerprint density at radius 1 is 1.19 bits per heavy atom. The van der Waals surface area contributed by atoms with Crippen LogP contribution in [0.25, 0.3) is 0 Å². The minimum atomic E-state index is -0.289. The van der Waals surface area contributed by atoms with Gasteiger partial charge in [0, 0.05) is 41.4 Å². The molecule has 0 aromatic carbocycles. The lowest BCUT2D eigenvalue weighted by molar-refractivity contribution is -0.117. The molecule has 3 N–H and O–H groups in total. The molecule has 0 unspecified atom stereocenters. The van der Waals surface area contributed by atoms with Gasteiger partial charge in [0.2, 0.25) is 11.9 Å². The van der Waals surface area contributed by atoms with Crippen LogP contribution < -0.4 is 15.5 Å². The van der Waals surface area contributed by atoms with Crippen LogP contribution in [0.5, 0.6) is 0 Å². The number of carbonyl (C=O) groups excluding carboxylic acids is 1. The SMILES string of the molecule is O=C(Nc1nccs1)[C@@H]1CCCN1c1nc2c(c(Nc3cc(C4CC4)[nH]n3)n1)CCC2. The quantitative estimate of drug-likeness (QED) is 0.543. The lowest BCUT2D eigenvalue weighted by atomic mass is 10.2. The Morgan fingerprint density at radius 3 is 2.97 bits per heavy atom. The van der Waals surface area contributed by atoms with Gasteiger partial charge in [-0.15, -0.1) is 11.3 Å². The minimum absolute atomic E-state index is 0.0487. The van der Waals surface area contributed by atoms with Crippen LogP contribution in [0.4, 0.5) is 22.7 Å². The molecule has 160 valence electrons. The number of hydrogen-bond donors (Lipinski definition) is 3. The lowest BCUT2D eigenvalue weighted by Crippen LogP contribution is -2.40. The van der Waals surface area contributed by atoms with Gasteiger partial charge in [0.15, 0.2) is 10.9 Å². The molecule has 1 saturated heterocycles. The number of aromatic nitrogens is 5. The standard InChI is InChI=1S/C21H24N8OS/c30-19(26-21-22-8-10-31-21)16-5-2-9-29(16)20-23-14-4-1-3-13(14)18(25-20)24-17-11-15(27-28-17)12-6-7-12/h8,10-12,16H,1-7,9H2,(H,22,26,30)(H2,23,24,25,27,28)/t16-/m0/s1. The molecule has 6 rings (SSSR count). The first kappa shape index (κ1) is 18.7. The van der Waals surface area contributed by atoms with Gasteiger partial charge >= 0.3 is 0 Å². The largest absolute Gasteiger partial charge is 0.329 e. The lowest BCUT2D eigenvalue weighted by Gasteiger charge is -2.24. The van der Waals surface area contributed by atoms with E-state index in [2.05, 4.69) is 31.9 Å². The molecule has 3 aromatic heterocycles. The number of thiazole rings is 1. The molecular formula is C21H24N8OS. The molecule has 1 saturated carbocycles. The van der Waals surface area contributed by atoms with Gasteiger partial charge in [0.05, 0.1) is 5.69 Å². The zero-order valence-corrected chi connectivity index (χ0v) is 17.9. The molecule has 0 bridgehead atoms. The number of carbonyl (C=O) groups is 1. The number of H-pyrrole nitrogens is 1. The number of aryl methyl sites for hydroxylation is 1. The van der Waals surface area contributed by atoms with Gasteiger partial charge < -0.3 is 15.5 Å². The van der Waals surface area contributed by atoms with Crippen LogP contribution in [-0.2, 0) is 17.6 Å². The maximum absolute atomic E-state index is 12.9. The molecule has 9 nitrogen and oxygen atoms in total. The average molecular weight is 437 g/mol. The molecule has 3 aromatic rings. The van der Waals surface area contributed by atoms with Gasteiger partial charge in [-0.3, -0.25) is 9.89 Å². The van der Waals surface area contributed by atoms with E-state index < -0.39 is 0 Å². The molecule has 31 heavy (non-hydrogen) atoms. The fraction of sp³-hybridized carbons (Fsp3) is 0.476. The Morgan fingerprint density at radius 2 is 2.13 bits per heavy atom. The summed E-state index contributed by atoms with van der Waals surface area (Å²) in [6, 6.07) is 1.80. The van der Waals surface area contributed by atoms with E-state index in [4.69, 9.17) is 9.97 Å². The van der Waals surface area contributed by atoms with Crippen molar-refractivity contribution in [3.05, 3.63) is 34.6 Å². The molecule has 10 heteroatoms. The molecule has 4 heterocycles. The van der Waals surface area contributed by atoms with Gasteiger partial charge in [-0.2, -0.15) is 10.1 Å². The summed E-state index contributed by atoms with van der Waals surface area (Å²) in [5.74, 6) is 2.80. The first-order valence-corrected chi connectivity index (χ1v) is 11.8. The van der Waals surface area contributed by atoms with Crippen molar-refractivity contribution in [2.75, 3.05) is 22.1 Å². The number of nitrogens with one attached hydrogen (secondary N) is 3. The van der Waals surface area contributed by atoms with Gasteiger partial charge in [0.25, 0.3) is 0 Å². The van der Waals surface area contributed by atoms with Crippen LogP contribution in [-0.4, -0.2) is 43.6 Å². The summed E-state index contributed by atoms with van der Waals surface area (Å²) in [4.78, 5) is 28.9. The van der Waals surface area contributed by atoms with E-state index in [0.29, 0.717) is 17.0 Å². The number of hydrogen-bond acceptors (Lipinski definition) is 8.